The van der Waals surface area contributed by atoms with E-state index in [9.17, 15) is 4.79 Å². The maximum absolute atomic E-state index is 12.7. The van der Waals surface area contributed by atoms with Crippen molar-refractivity contribution in [3.8, 4) is 0 Å². The van der Waals surface area contributed by atoms with Gasteiger partial charge in [-0.05, 0) is 49.1 Å². The Morgan fingerprint density at radius 3 is 2.09 bits per heavy atom. The lowest BCUT2D eigenvalue weighted by Gasteiger charge is -2.37. The Morgan fingerprint density at radius 1 is 0.914 bits per heavy atom. The maximum Gasteiger partial charge on any atom is 0.321 e. The molecule has 2 amide bonds. The van der Waals surface area contributed by atoms with E-state index in [0.717, 1.165) is 76.2 Å². The molecule has 0 radical (unpaired) electrons. The summed E-state index contributed by atoms with van der Waals surface area (Å²) < 4.78 is 5.78. The lowest BCUT2D eigenvalue weighted by atomic mass is 10.1. The monoisotopic (exact) mass is 479 g/mol. The molecule has 9 heteroatoms. The number of aryl methyl sites for hydroxylation is 1. The van der Waals surface area contributed by atoms with E-state index >= 15 is 0 Å². The number of carbonyl (C=O) groups excluding carboxylic acids is 1. The summed E-state index contributed by atoms with van der Waals surface area (Å²) in [6.07, 6.45) is 3.80. The van der Waals surface area contributed by atoms with Crippen molar-refractivity contribution >= 4 is 23.4 Å². The lowest BCUT2D eigenvalue weighted by Crippen LogP contribution is -2.50. The predicted molar refractivity (Wildman–Crippen MR) is 138 cm³/mol. The highest BCUT2D eigenvalue weighted by atomic mass is 16.5. The van der Waals surface area contributed by atoms with Gasteiger partial charge in [-0.15, -0.1) is 10.2 Å². The zero-order valence-electron chi connectivity index (χ0n) is 20.7. The number of piperazine rings is 2. The van der Waals surface area contributed by atoms with E-state index < -0.39 is 0 Å². The molecule has 9 nitrogen and oxygen atoms in total. The number of nitrogens with zero attached hydrogens (tertiary/aromatic N) is 6. The van der Waals surface area contributed by atoms with Crippen molar-refractivity contribution in [2.24, 2.45) is 0 Å². The molecular formula is C26H37N7O2. The molecule has 2 aromatic rings. The van der Waals surface area contributed by atoms with Crippen LogP contribution in [0, 0.1) is 0 Å². The second kappa shape index (κ2) is 11.2. The summed E-state index contributed by atoms with van der Waals surface area (Å²) in [5, 5.41) is 12.1. The van der Waals surface area contributed by atoms with Gasteiger partial charge in [0.1, 0.15) is 0 Å². The second-order valence-corrected chi connectivity index (χ2v) is 9.63. The summed E-state index contributed by atoms with van der Waals surface area (Å²) in [4.78, 5) is 21.5. The molecule has 1 aromatic heterocycles. The Labute approximate surface area is 208 Å². The van der Waals surface area contributed by atoms with Gasteiger partial charge < -0.3 is 24.8 Å². The highest BCUT2D eigenvalue weighted by Crippen LogP contribution is 2.20. The van der Waals surface area contributed by atoms with E-state index in [1.807, 2.05) is 17.0 Å². The largest absolute Gasteiger partial charge is 0.377 e. The van der Waals surface area contributed by atoms with Crippen LogP contribution in [0.3, 0.4) is 0 Å². The molecule has 0 bridgehead atoms. The summed E-state index contributed by atoms with van der Waals surface area (Å²) >= 11 is 0. The normalized spacial score (nSPS) is 21.4. The van der Waals surface area contributed by atoms with Crippen LogP contribution in [0.5, 0.6) is 0 Å². The van der Waals surface area contributed by atoms with Gasteiger partial charge in [-0.25, -0.2) is 4.79 Å². The topological polar surface area (TPSA) is 77.1 Å². The number of benzene rings is 1. The van der Waals surface area contributed by atoms with Gasteiger partial charge in [0.15, 0.2) is 11.6 Å². The number of nitrogens with one attached hydrogen (secondary N) is 1. The highest BCUT2D eigenvalue weighted by Gasteiger charge is 2.25. The number of amides is 2. The van der Waals surface area contributed by atoms with Gasteiger partial charge in [0.25, 0.3) is 0 Å². The first-order valence-electron chi connectivity index (χ1n) is 13.0. The van der Waals surface area contributed by atoms with Crippen molar-refractivity contribution in [2.75, 3.05) is 80.6 Å². The first kappa shape index (κ1) is 23.8. The molecule has 1 N–H and O–H groups in total. The van der Waals surface area contributed by atoms with Crippen molar-refractivity contribution in [2.45, 2.75) is 32.3 Å². The second-order valence-electron chi connectivity index (χ2n) is 9.63. The number of aromatic nitrogens is 2. The van der Waals surface area contributed by atoms with Crippen molar-refractivity contribution in [3.63, 3.8) is 0 Å². The third kappa shape index (κ3) is 6.02. The first-order valence-corrected chi connectivity index (χ1v) is 13.0. The highest BCUT2D eigenvalue weighted by molar-refractivity contribution is 5.89. The van der Waals surface area contributed by atoms with Gasteiger partial charge in [0, 0.05) is 71.2 Å². The van der Waals surface area contributed by atoms with E-state index in [2.05, 4.69) is 61.4 Å². The number of urea groups is 1. The van der Waals surface area contributed by atoms with Crippen LogP contribution in [0.1, 0.15) is 25.3 Å². The molecule has 1 unspecified atom stereocenters. The number of carbonyl (C=O) groups is 1. The van der Waals surface area contributed by atoms with E-state index in [4.69, 9.17) is 4.74 Å². The smallest absolute Gasteiger partial charge is 0.321 e. The predicted octanol–water partition coefficient (Wildman–Crippen LogP) is 2.69. The standard InChI is InChI=1S/C26H37N7O2/c1-2-21-5-7-22(8-6-21)27-26(34)33-17-15-32(16-18-33)25-10-9-24(28-29-25)31-13-11-30(12-14-31)20-23-4-3-19-35-23/h5-10,23H,2-4,11-20H2,1H3,(H,27,34). The molecule has 0 spiro atoms. The van der Waals surface area contributed by atoms with E-state index in [0.29, 0.717) is 19.2 Å². The first-order chi connectivity index (χ1) is 17.2. The molecule has 0 aliphatic carbocycles. The van der Waals surface area contributed by atoms with Crippen molar-refractivity contribution in [1.82, 2.24) is 20.0 Å². The van der Waals surface area contributed by atoms with Gasteiger partial charge in [-0.2, -0.15) is 0 Å². The summed E-state index contributed by atoms with van der Waals surface area (Å²) in [6, 6.07) is 12.1. The van der Waals surface area contributed by atoms with Crippen molar-refractivity contribution in [1.29, 1.82) is 0 Å². The van der Waals surface area contributed by atoms with Gasteiger partial charge in [0.05, 0.1) is 6.10 Å². The van der Waals surface area contributed by atoms with Crippen LogP contribution in [-0.2, 0) is 11.2 Å². The fourth-order valence-corrected chi connectivity index (χ4v) is 5.06. The molecule has 35 heavy (non-hydrogen) atoms. The Morgan fingerprint density at radius 2 is 1.54 bits per heavy atom. The third-order valence-corrected chi connectivity index (χ3v) is 7.32. The molecule has 1 atom stereocenters. The van der Waals surface area contributed by atoms with Gasteiger partial charge in [0.2, 0.25) is 0 Å². The van der Waals surface area contributed by atoms with E-state index in [-0.39, 0.29) is 6.03 Å². The average molecular weight is 480 g/mol. The molecule has 5 rings (SSSR count). The zero-order chi connectivity index (χ0) is 24.0. The quantitative estimate of drug-likeness (QED) is 0.683. The minimum Gasteiger partial charge on any atom is -0.377 e. The number of anilines is 3. The van der Waals surface area contributed by atoms with Gasteiger partial charge >= 0.3 is 6.03 Å². The van der Waals surface area contributed by atoms with Crippen molar-refractivity contribution in [3.05, 3.63) is 42.0 Å². The molecule has 188 valence electrons. The fraction of sp³-hybridized carbons (Fsp3) is 0.577. The maximum atomic E-state index is 12.7. The van der Waals surface area contributed by atoms with E-state index in [1.165, 1.54) is 18.4 Å². The number of rotatable bonds is 6. The van der Waals surface area contributed by atoms with Crippen LogP contribution in [0.4, 0.5) is 22.1 Å². The third-order valence-electron chi connectivity index (χ3n) is 7.32. The average Bonchev–Trinajstić information content (AvgIpc) is 3.43. The Balaban J connectivity index is 1.07. The summed E-state index contributed by atoms with van der Waals surface area (Å²) in [5.74, 6) is 1.82. The molecule has 1 aromatic carbocycles. The SMILES string of the molecule is CCc1ccc(NC(=O)N2CCN(c3ccc(N4CCN(CC5CCCO5)CC4)nn3)CC2)cc1. The molecule has 4 heterocycles. The molecule has 3 aliphatic heterocycles. The van der Waals surface area contributed by atoms with E-state index in [1.54, 1.807) is 0 Å². The van der Waals surface area contributed by atoms with Crippen LogP contribution in [0.2, 0.25) is 0 Å². The summed E-state index contributed by atoms with van der Waals surface area (Å²) in [7, 11) is 0. The minimum atomic E-state index is -0.0473. The molecule has 3 saturated heterocycles. The zero-order valence-corrected chi connectivity index (χ0v) is 20.7. The Kier molecular flexibility index (Phi) is 7.63. The Bertz CT molecular complexity index is 947. The minimum absolute atomic E-state index is 0.0473. The molecule has 3 fully saturated rings. The summed E-state index contributed by atoms with van der Waals surface area (Å²) in [5.41, 5.74) is 2.10. The van der Waals surface area contributed by atoms with Crippen LogP contribution in [0.25, 0.3) is 0 Å². The van der Waals surface area contributed by atoms with Crippen molar-refractivity contribution < 1.29 is 9.53 Å². The Hall–Kier alpha value is -2.91. The fourth-order valence-electron chi connectivity index (χ4n) is 5.06. The molecular weight excluding hydrogens is 442 g/mol. The van der Waals surface area contributed by atoms with Gasteiger partial charge in [-0.1, -0.05) is 19.1 Å². The number of hydrogen-bond acceptors (Lipinski definition) is 7. The lowest BCUT2D eigenvalue weighted by molar-refractivity contribution is 0.0712. The van der Waals surface area contributed by atoms with Crippen LogP contribution in [-0.4, -0.2) is 97.6 Å². The van der Waals surface area contributed by atoms with Crippen LogP contribution >= 0.6 is 0 Å². The van der Waals surface area contributed by atoms with Crippen LogP contribution in [0.15, 0.2) is 36.4 Å². The summed E-state index contributed by atoms with van der Waals surface area (Å²) in [6.45, 7) is 10.9. The number of hydrogen-bond donors (Lipinski definition) is 1. The van der Waals surface area contributed by atoms with Gasteiger partial charge in [-0.3, -0.25) is 4.90 Å². The molecule has 0 saturated carbocycles. The molecule has 3 aliphatic rings. The van der Waals surface area contributed by atoms with Crippen LogP contribution < -0.4 is 15.1 Å². The number of ether oxygens (including phenoxy) is 1.